The van der Waals surface area contributed by atoms with E-state index in [1.165, 1.54) is 65.3 Å². The SMILES string of the molecule is C[S+](C)[B-]1c2c(c3ccc(C(C)(C)C)cc3c3cc(C(C)(C)C)ccc23)[B-]([S+](C)C)c2c1c1ccc(C(C)(C)C)cc1c1cc(C(C)(C)C)ccc21. The van der Waals surface area contributed by atoms with Gasteiger partial charge in [-0.3, -0.25) is 0 Å². The van der Waals surface area contributed by atoms with Crippen LogP contribution in [0.15, 0.2) is 72.8 Å². The van der Waals surface area contributed by atoms with Crippen LogP contribution in [-0.4, -0.2) is 37.0 Å². The summed E-state index contributed by atoms with van der Waals surface area (Å²) in [5.74, 6) is 0.600. The van der Waals surface area contributed by atoms with Gasteiger partial charge in [0.25, 0.3) is 0 Å². The van der Waals surface area contributed by atoms with Gasteiger partial charge in [0.1, 0.15) is 0 Å². The lowest BCUT2D eigenvalue weighted by Gasteiger charge is -2.47. The molecule has 1 aliphatic rings. The van der Waals surface area contributed by atoms with E-state index in [2.05, 4.69) is 181 Å². The molecule has 0 saturated carbocycles. The van der Waals surface area contributed by atoms with E-state index >= 15 is 0 Å². The van der Waals surface area contributed by atoms with Crippen LogP contribution in [0.1, 0.15) is 105 Å². The molecule has 4 heteroatoms. The van der Waals surface area contributed by atoms with Gasteiger partial charge < -0.3 is 0 Å². The lowest BCUT2D eigenvalue weighted by molar-refractivity contribution is 0.590. The molecule has 52 heavy (non-hydrogen) atoms. The van der Waals surface area contributed by atoms with Crippen LogP contribution in [-0.2, 0) is 43.2 Å². The summed E-state index contributed by atoms with van der Waals surface area (Å²) in [6.07, 6.45) is 10.0. The Balaban J connectivity index is 1.74. The molecular weight excluding hydrogens is 662 g/mol. The number of fused-ring (bicyclic) bond motifs is 12. The van der Waals surface area contributed by atoms with Crippen LogP contribution in [0.5, 0.6) is 0 Å². The number of rotatable bonds is 2. The summed E-state index contributed by atoms with van der Waals surface area (Å²) in [7, 11) is 0.141. The van der Waals surface area contributed by atoms with Crippen LogP contribution >= 0.6 is 0 Å². The van der Waals surface area contributed by atoms with Gasteiger partial charge in [-0.1, -0.05) is 177 Å². The normalized spacial score (nSPS) is 15.1. The zero-order valence-electron chi connectivity index (χ0n) is 34.9. The summed E-state index contributed by atoms with van der Waals surface area (Å²) < 4.78 is 0. The second-order valence-electron chi connectivity index (χ2n) is 20.2. The Hall–Kier alpha value is -2.81. The van der Waals surface area contributed by atoms with Crippen molar-refractivity contribution in [1.29, 1.82) is 0 Å². The standard InChI is InChI=1S/C48H60B2S2/c1-45(2,3)29-17-21-33-37(25-29)38-26-30(46(4,5)6)18-22-34(38)42-41(33)49(51(13)14)43-35-23-19-31(47(7,8)9)27-39(35)40-28-32(48(10,11)12)20-24-36(40)44(43)50(42)52(15)16/h17-28H,1-16H3. The first-order valence-electron chi connectivity index (χ1n) is 19.2. The third kappa shape index (κ3) is 6.03. The van der Waals surface area contributed by atoms with Gasteiger partial charge in [-0.2, -0.15) is 0 Å². The lowest BCUT2D eigenvalue weighted by atomic mass is 9.39. The Kier molecular flexibility index (Phi) is 8.91. The maximum Gasteiger partial charge on any atom is 0.196 e. The summed E-state index contributed by atoms with van der Waals surface area (Å²) in [6, 6.07) is 30.0. The predicted octanol–water partition coefficient (Wildman–Crippen LogP) is 9.77. The summed E-state index contributed by atoms with van der Waals surface area (Å²) >= 11 is 0. The van der Waals surface area contributed by atoms with Gasteiger partial charge in [-0.25, -0.2) is 43.3 Å². The van der Waals surface area contributed by atoms with Crippen molar-refractivity contribution in [3.05, 3.63) is 95.1 Å². The van der Waals surface area contributed by atoms with Gasteiger partial charge in [-0.15, -0.1) is 0 Å². The first-order valence-corrected chi connectivity index (χ1v) is 23.4. The van der Waals surface area contributed by atoms with Crippen molar-refractivity contribution in [1.82, 2.24) is 0 Å². The van der Waals surface area contributed by atoms with Crippen LogP contribution in [0.25, 0.3) is 43.1 Å². The number of hydrogen-bond acceptors (Lipinski definition) is 0. The third-order valence-corrected chi connectivity index (χ3v) is 14.7. The summed E-state index contributed by atoms with van der Waals surface area (Å²) in [4.78, 5) is 0. The average molecular weight is 723 g/mol. The van der Waals surface area contributed by atoms with Crippen LogP contribution in [0.2, 0.25) is 0 Å². The molecule has 0 fully saturated rings. The van der Waals surface area contributed by atoms with Gasteiger partial charge in [0.2, 0.25) is 0 Å². The van der Waals surface area contributed by atoms with Gasteiger partial charge in [0.05, 0.1) is 0 Å². The summed E-state index contributed by atoms with van der Waals surface area (Å²) in [5.41, 5.74) is 12.3. The Bertz CT molecular complexity index is 2070. The maximum atomic E-state index is 2.55. The van der Waals surface area contributed by atoms with Crippen molar-refractivity contribution in [2.45, 2.75) is 105 Å². The molecule has 0 atom stereocenters. The molecule has 0 spiro atoms. The molecule has 7 rings (SSSR count). The fourth-order valence-electron chi connectivity index (χ4n) is 8.82. The van der Waals surface area contributed by atoms with E-state index in [-0.39, 0.29) is 43.2 Å². The molecule has 1 aliphatic heterocycles. The fraction of sp³-hybridized carbons (Fsp3) is 0.417. The first-order chi connectivity index (χ1) is 24.0. The van der Waals surface area contributed by atoms with Crippen molar-refractivity contribution in [2.24, 2.45) is 0 Å². The monoisotopic (exact) mass is 722 g/mol. The minimum atomic E-state index is 0.0670. The highest BCUT2D eigenvalue weighted by Crippen LogP contribution is 2.37. The van der Waals surface area contributed by atoms with Crippen molar-refractivity contribution in [3.8, 4) is 0 Å². The van der Waals surface area contributed by atoms with Crippen molar-refractivity contribution >= 4 is 98.4 Å². The van der Waals surface area contributed by atoms with Crippen LogP contribution in [0, 0.1) is 0 Å². The Morgan fingerprint density at radius 1 is 0.308 bits per heavy atom. The molecule has 0 aromatic heterocycles. The molecule has 270 valence electrons. The molecule has 0 N–H and O–H groups in total. The Morgan fingerprint density at radius 2 is 0.500 bits per heavy atom. The number of benzene rings is 6. The van der Waals surface area contributed by atoms with E-state index < -0.39 is 0 Å². The second-order valence-corrected chi connectivity index (χ2v) is 24.7. The van der Waals surface area contributed by atoms with Crippen molar-refractivity contribution in [3.63, 3.8) is 0 Å². The Labute approximate surface area is 321 Å². The topological polar surface area (TPSA) is 0 Å². The molecule has 6 aromatic carbocycles. The second kappa shape index (κ2) is 12.4. The fourth-order valence-corrected chi connectivity index (χ4v) is 11.7. The average Bonchev–Trinajstić information content (AvgIpc) is 3.04. The summed E-state index contributed by atoms with van der Waals surface area (Å²) in [5, 5.41) is 11.5. The highest BCUT2D eigenvalue weighted by atomic mass is 32.2. The third-order valence-electron chi connectivity index (χ3n) is 11.9. The maximum absolute atomic E-state index is 2.55. The molecule has 0 unspecified atom stereocenters. The molecule has 2 radical (unpaired) electrons. The van der Waals surface area contributed by atoms with E-state index in [1.807, 2.05) is 0 Å². The minimum absolute atomic E-state index is 0.0670. The first kappa shape index (κ1) is 37.5. The quantitative estimate of drug-likeness (QED) is 0.0949. The zero-order valence-corrected chi connectivity index (χ0v) is 36.5. The van der Waals surface area contributed by atoms with Gasteiger partial charge in [0.15, 0.2) is 12.0 Å². The highest BCUT2D eigenvalue weighted by molar-refractivity contribution is 8.26. The van der Waals surface area contributed by atoms with E-state index in [1.54, 1.807) is 21.9 Å². The minimum Gasteiger partial charge on any atom is -0.249 e. The lowest BCUT2D eigenvalue weighted by Crippen LogP contribution is -2.73. The van der Waals surface area contributed by atoms with Gasteiger partial charge >= 0.3 is 0 Å². The molecule has 1 heterocycles. The summed E-state index contributed by atoms with van der Waals surface area (Å²) in [6.45, 7) is 28.3. The predicted molar refractivity (Wildman–Crippen MR) is 246 cm³/mol. The van der Waals surface area contributed by atoms with Crippen LogP contribution < -0.4 is 21.9 Å². The molecule has 6 aromatic rings. The Morgan fingerprint density at radius 3 is 0.654 bits per heavy atom. The molecular formula is C48H60B2S2. The van der Waals surface area contributed by atoms with Gasteiger partial charge in [0, 0.05) is 25.0 Å². The molecule has 0 amide bonds. The van der Waals surface area contributed by atoms with Gasteiger partial charge in [-0.05, 0) is 65.5 Å². The smallest absolute Gasteiger partial charge is 0.196 e. The largest absolute Gasteiger partial charge is 0.249 e. The molecule has 0 nitrogen and oxygen atoms in total. The molecule has 0 aliphatic carbocycles. The van der Waals surface area contributed by atoms with Crippen molar-refractivity contribution < 1.29 is 0 Å². The molecule has 0 bridgehead atoms. The van der Waals surface area contributed by atoms with E-state index in [0.29, 0.717) is 12.0 Å². The van der Waals surface area contributed by atoms with Crippen LogP contribution in [0.3, 0.4) is 0 Å². The highest BCUT2D eigenvalue weighted by Gasteiger charge is 2.37. The zero-order chi connectivity index (χ0) is 38.0. The van der Waals surface area contributed by atoms with E-state index in [0.717, 1.165) is 0 Å². The van der Waals surface area contributed by atoms with E-state index in [9.17, 15) is 0 Å². The van der Waals surface area contributed by atoms with Crippen molar-refractivity contribution in [2.75, 3.05) is 25.0 Å². The number of hydrogen-bond donors (Lipinski definition) is 0. The van der Waals surface area contributed by atoms with Crippen LogP contribution in [0.4, 0.5) is 0 Å². The molecule has 0 saturated heterocycles. The van der Waals surface area contributed by atoms with E-state index in [4.69, 9.17) is 0 Å².